The number of aliphatic hydroxyl groups is 1. The summed E-state index contributed by atoms with van der Waals surface area (Å²) in [5, 5.41) is 8.99. The summed E-state index contributed by atoms with van der Waals surface area (Å²) < 4.78 is 1.01. The van der Waals surface area contributed by atoms with Gasteiger partial charge in [0.2, 0.25) is 0 Å². The maximum Gasteiger partial charge on any atom is 0.198 e. The Hall–Kier alpha value is -0.410. The van der Waals surface area contributed by atoms with Crippen LogP contribution < -0.4 is 0 Å². The Labute approximate surface area is 73.3 Å². The van der Waals surface area contributed by atoms with E-state index in [1.54, 1.807) is 0 Å². The lowest BCUT2D eigenvalue weighted by atomic mass is 10.2. The molecule has 0 radical (unpaired) electrons. The van der Waals surface area contributed by atoms with Crippen molar-refractivity contribution < 1.29 is 9.59 Å². The highest BCUT2D eigenvalue weighted by molar-refractivity contribution is 5.77. The third-order valence-corrected chi connectivity index (χ3v) is 3.10. The van der Waals surface area contributed by atoms with Crippen LogP contribution in [0.4, 0.5) is 0 Å². The number of fused-ring (bicyclic) bond motifs is 1. The molecular formula is C9H17N2O+. The van der Waals surface area contributed by atoms with Gasteiger partial charge in [-0.05, 0) is 0 Å². The molecule has 2 aliphatic heterocycles. The molecule has 0 saturated carbocycles. The molecule has 0 bridgehead atoms. The number of quaternary nitrogens is 1. The number of nitrogens with zero attached hydrogens (tertiary/aromatic N) is 2. The van der Waals surface area contributed by atoms with Crippen LogP contribution in [-0.4, -0.2) is 48.2 Å². The second-order valence-corrected chi connectivity index (χ2v) is 3.79. The number of aliphatic hydroxyl groups excluding tert-OH is 1. The molecule has 0 aromatic heterocycles. The summed E-state index contributed by atoms with van der Waals surface area (Å²) in [5.74, 6) is 1.36. The second-order valence-electron chi connectivity index (χ2n) is 3.79. The van der Waals surface area contributed by atoms with E-state index in [9.17, 15) is 0 Å². The van der Waals surface area contributed by atoms with Crippen molar-refractivity contribution >= 4 is 5.84 Å². The van der Waals surface area contributed by atoms with Crippen LogP contribution in [0.3, 0.4) is 0 Å². The van der Waals surface area contributed by atoms with Gasteiger partial charge in [0.25, 0.3) is 0 Å². The Morgan fingerprint density at radius 2 is 2.17 bits per heavy atom. The average Bonchev–Trinajstić information content (AvgIpc) is 2.48. The zero-order valence-electron chi connectivity index (χ0n) is 7.50. The molecule has 1 unspecified atom stereocenters. The molecule has 0 aromatic rings. The summed E-state index contributed by atoms with van der Waals surface area (Å²) >= 11 is 0. The highest BCUT2D eigenvalue weighted by Gasteiger charge is 2.39. The smallest absolute Gasteiger partial charge is 0.198 e. The number of amidine groups is 1. The summed E-state index contributed by atoms with van der Waals surface area (Å²) in [6.07, 6.45) is 3.63. The number of aliphatic imine (C=N–C) groups is 1. The Morgan fingerprint density at radius 3 is 3.00 bits per heavy atom. The van der Waals surface area contributed by atoms with Gasteiger partial charge in [0.05, 0.1) is 19.7 Å². The third kappa shape index (κ3) is 1.17. The molecule has 1 N–H and O–H groups in total. The van der Waals surface area contributed by atoms with Gasteiger partial charge in [-0.15, -0.1) is 0 Å². The van der Waals surface area contributed by atoms with E-state index in [4.69, 9.17) is 5.11 Å². The quantitative estimate of drug-likeness (QED) is 0.596. The lowest BCUT2D eigenvalue weighted by Crippen LogP contribution is -2.53. The first-order valence-corrected chi connectivity index (χ1v) is 4.88. The highest BCUT2D eigenvalue weighted by atomic mass is 16.3. The minimum absolute atomic E-state index is 0.305. The number of rotatable bonds is 2. The Bertz CT molecular complexity index is 203. The van der Waals surface area contributed by atoms with Crippen molar-refractivity contribution in [3.05, 3.63) is 0 Å². The molecule has 0 amide bonds. The fraction of sp³-hybridized carbons (Fsp3) is 0.889. The molecule has 12 heavy (non-hydrogen) atoms. The van der Waals surface area contributed by atoms with Crippen LogP contribution >= 0.6 is 0 Å². The average molecular weight is 169 g/mol. The Kier molecular flexibility index (Phi) is 2.15. The van der Waals surface area contributed by atoms with Gasteiger partial charge in [-0.2, -0.15) is 0 Å². The normalized spacial score (nSPS) is 34.6. The highest BCUT2D eigenvalue weighted by Crippen LogP contribution is 2.25. The molecule has 1 saturated heterocycles. The Morgan fingerprint density at radius 1 is 1.33 bits per heavy atom. The van der Waals surface area contributed by atoms with Crippen molar-refractivity contribution in [3.63, 3.8) is 0 Å². The summed E-state index contributed by atoms with van der Waals surface area (Å²) in [7, 11) is 0. The van der Waals surface area contributed by atoms with Crippen LogP contribution in [-0.2, 0) is 0 Å². The first-order chi connectivity index (χ1) is 5.87. The molecule has 0 spiro atoms. The molecule has 2 aliphatic rings. The van der Waals surface area contributed by atoms with Crippen molar-refractivity contribution in [1.82, 2.24) is 0 Å². The van der Waals surface area contributed by atoms with Gasteiger partial charge >= 0.3 is 0 Å². The third-order valence-electron chi connectivity index (χ3n) is 3.10. The zero-order chi connectivity index (χ0) is 8.44. The minimum atomic E-state index is 0.305. The van der Waals surface area contributed by atoms with Gasteiger partial charge in [-0.25, -0.2) is 4.99 Å². The molecule has 68 valence electrons. The van der Waals surface area contributed by atoms with E-state index in [1.165, 1.54) is 38.2 Å². The Balaban J connectivity index is 2.18. The molecule has 1 fully saturated rings. The van der Waals surface area contributed by atoms with Crippen molar-refractivity contribution in [3.8, 4) is 0 Å². The van der Waals surface area contributed by atoms with Crippen molar-refractivity contribution in [2.24, 2.45) is 4.99 Å². The van der Waals surface area contributed by atoms with Crippen LogP contribution in [0.2, 0.25) is 0 Å². The van der Waals surface area contributed by atoms with Gasteiger partial charge in [-0.1, -0.05) is 0 Å². The molecule has 1 atom stereocenters. The lowest BCUT2D eigenvalue weighted by Gasteiger charge is -2.35. The van der Waals surface area contributed by atoms with E-state index in [0.29, 0.717) is 6.61 Å². The monoisotopic (exact) mass is 169 g/mol. The first-order valence-electron chi connectivity index (χ1n) is 4.88. The minimum Gasteiger partial charge on any atom is -0.390 e. The van der Waals surface area contributed by atoms with Crippen LogP contribution in [0.5, 0.6) is 0 Å². The van der Waals surface area contributed by atoms with Gasteiger partial charge in [-0.3, -0.25) is 4.48 Å². The van der Waals surface area contributed by atoms with Gasteiger partial charge in [0.1, 0.15) is 6.54 Å². The van der Waals surface area contributed by atoms with Crippen LogP contribution in [0.25, 0.3) is 0 Å². The topological polar surface area (TPSA) is 32.6 Å². The molecular weight excluding hydrogens is 152 g/mol. The van der Waals surface area contributed by atoms with E-state index in [2.05, 4.69) is 4.99 Å². The molecule has 2 rings (SSSR count). The number of hydrogen-bond acceptors (Lipinski definition) is 2. The van der Waals surface area contributed by atoms with Crippen LogP contribution in [0.1, 0.15) is 19.3 Å². The number of hydrogen-bond donors (Lipinski definition) is 1. The van der Waals surface area contributed by atoms with Crippen molar-refractivity contribution in [2.45, 2.75) is 19.3 Å². The van der Waals surface area contributed by atoms with Gasteiger partial charge in [0, 0.05) is 25.8 Å². The second kappa shape index (κ2) is 3.15. The van der Waals surface area contributed by atoms with E-state index in [-0.39, 0.29) is 0 Å². The standard InChI is InChI=1S/C9H17N2O/c12-8-7-11-5-1-3-9(11)10-4-2-6-11/h12H,1-8H2/q+1. The SMILES string of the molecule is OCC[N+]12CCCN=C1CCC2. The maximum absolute atomic E-state index is 8.99. The van der Waals surface area contributed by atoms with Crippen LogP contribution in [0.15, 0.2) is 4.99 Å². The summed E-state index contributed by atoms with van der Waals surface area (Å²) in [6, 6.07) is 0. The van der Waals surface area contributed by atoms with Gasteiger partial charge < -0.3 is 5.11 Å². The van der Waals surface area contributed by atoms with E-state index in [1.807, 2.05) is 0 Å². The van der Waals surface area contributed by atoms with E-state index >= 15 is 0 Å². The predicted molar refractivity (Wildman–Crippen MR) is 48.1 cm³/mol. The summed E-state index contributed by atoms with van der Waals surface area (Å²) in [5.41, 5.74) is 0. The molecule has 2 heterocycles. The van der Waals surface area contributed by atoms with E-state index < -0.39 is 0 Å². The molecule has 3 nitrogen and oxygen atoms in total. The first kappa shape index (κ1) is 8.20. The van der Waals surface area contributed by atoms with Gasteiger partial charge in [0.15, 0.2) is 5.84 Å². The fourth-order valence-electron chi connectivity index (χ4n) is 2.50. The fourth-order valence-corrected chi connectivity index (χ4v) is 2.50. The molecule has 3 heteroatoms. The van der Waals surface area contributed by atoms with Crippen LogP contribution in [0, 0.1) is 0 Å². The maximum atomic E-state index is 8.99. The van der Waals surface area contributed by atoms with E-state index in [0.717, 1.165) is 17.6 Å². The molecule has 0 aliphatic carbocycles. The summed E-state index contributed by atoms with van der Waals surface area (Å²) in [6.45, 7) is 4.62. The zero-order valence-corrected chi connectivity index (χ0v) is 7.50. The summed E-state index contributed by atoms with van der Waals surface area (Å²) in [4.78, 5) is 4.56. The van der Waals surface area contributed by atoms with Crippen molar-refractivity contribution in [1.29, 1.82) is 0 Å². The largest absolute Gasteiger partial charge is 0.390 e. The van der Waals surface area contributed by atoms with Crippen molar-refractivity contribution in [2.75, 3.05) is 32.8 Å². The predicted octanol–water partition coefficient (Wildman–Crippen LogP) is 0.391. The lowest BCUT2D eigenvalue weighted by molar-refractivity contribution is -0.837. The molecule has 0 aromatic carbocycles.